The van der Waals surface area contributed by atoms with Crippen molar-refractivity contribution < 1.29 is 14.7 Å². The van der Waals surface area contributed by atoms with Crippen molar-refractivity contribution in [3.63, 3.8) is 0 Å². The fraction of sp³-hybridized carbons (Fsp3) is 0.429. The number of aliphatic carboxylic acids is 1. The van der Waals surface area contributed by atoms with E-state index in [0.29, 0.717) is 23.6 Å². The molecule has 2 N–H and O–H groups in total. The van der Waals surface area contributed by atoms with Crippen LogP contribution < -0.4 is 5.32 Å². The van der Waals surface area contributed by atoms with Gasteiger partial charge < -0.3 is 10.4 Å². The number of unbranched alkanes of at least 4 members (excludes halogenated alkanes) is 2. The molecule has 1 aromatic carbocycles. The molecule has 0 aliphatic carbocycles. The first kappa shape index (κ1) is 15.5. The van der Waals surface area contributed by atoms with Crippen LogP contribution in [-0.4, -0.2) is 22.9 Å². The molecule has 0 aromatic heterocycles. The predicted molar refractivity (Wildman–Crippen MR) is 75.6 cm³/mol. The first-order valence-corrected chi connectivity index (χ1v) is 6.82. The number of halogens is 1. The molecule has 0 heterocycles. The zero-order valence-electron chi connectivity index (χ0n) is 10.7. The molecule has 0 unspecified atom stereocenters. The van der Waals surface area contributed by atoms with Crippen molar-refractivity contribution in [2.24, 2.45) is 0 Å². The van der Waals surface area contributed by atoms with Gasteiger partial charge in [-0.3, -0.25) is 9.59 Å². The van der Waals surface area contributed by atoms with Crippen LogP contribution in [0.2, 0.25) is 0 Å². The van der Waals surface area contributed by atoms with Crippen LogP contribution in [0.4, 0.5) is 5.69 Å². The van der Waals surface area contributed by atoms with E-state index in [0.717, 1.165) is 19.3 Å². The molecular weight excluding hydrogens is 266 g/mol. The molecule has 0 saturated heterocycles. The van der Waals surface area contributed by atoms with Gasteiger partial charge in [0.2, 0.25) is 5.91 Å². The lowest BCUT2D eigenvalue weighted by Gasteiger charge is -2.09. The molecule has 0 aliphatic rings. The molecule has 0 radical (unpaired) electrons. The molecule has 104 valence electrons. The molecule has 1 amide bonds. The van der Waals surface area contributed by atoms with Crippen LogP contribution in [0, 0.1) is 0 Å². The fourth-order valence-electron chi connectivity index (χ4n) is 1.73. The zero-order chi connectivity index (χ0) is 14.1. The molecule has 0 fully saturated rings. The number of para-hydroxylation sites is 1. The Morgan fingerprint density at radius 2 is 1.89 bits per heavy atom. The van der Waals surface area contributed by atoms with Crippen molar-refractivity contribution >= 4 is 29.2 Å². The molecule has 0 bridgehead atoms. The number of amides is 1. The second-order valence-electron chi connectivity index (χ2n) is 4.28. The van der Waals surface area contributed by atoms with Gasteiger partial charge in [-0.25, -0.2) is 0 Å². The van der Waals surface area contributed by atoms with Crippen LogP contribution >= 0.6 is 11.6 Å². The molecule has 5 heteroatoms. The summed E-state index contributed by atoms with van der Waals surface area (Å²) in [6.45, 7) is 0. The fourth-order valence-corrected chi connectivity index (χ4v) is 1.92. The van der Waals surface area contributed by atoms with Gasteiger partial charge in [0.25, 0.3) is 0 Å². The number of carboxylic acid groups (broad SMARTS) is 1. The minimum absolute atomic E-state index is 0.0904. The summed E-state index contributed by atoms with van der Waals surface area (Å²) in [5, 5.41) is 11.6. The van der Waals surface area contributed by atoms with Crippen LogP contribution in [0.3, 0.4) is 0 Å². The SMILES string of the molecule is O=C(O)Cc1ccccc1NC(=O)CCCCCCl. The van der Waals surface area contributed by atoms with E-state index >= 15 is 0 Å². The van der Waals surface area contributed by atoms with Gasteiger partial charge in [0, 0.05) is 18.0 Å². The summed E-state index contributed by atoms with van der Waals surface area (Å²) in [6, 6.07) is 6.95. The van der Waals surface area contributed by atoms with Crippen LogP contribution in [0.15, 0.2) is 24.3 Å². The van der Waals surface area contributed by atoms with Gasteiger partial charge in [-0.15, -0.1) is 11.6 Å². The van der Waals surface area contributed by atoms with E-state index in [-0.39, 0.29) is 12.3 Å². The second-order valence-corrected chi connectivity index (χ2v) is 4.65. The molecule has 0 atom stereocenters. The maximum atomic E-state index is 11.7. The second kappa shape index (κ2) is 8.53. The quantitative estimate of drug-likeness (QED) is 0.569. The maximum absolute atomic E-state index is 11.7. The van der Waals surface area contributed by atoms with E-state index in [4.69, 9.17) is 16.7 Å². The average molecular weight is 284 g/mol. The molecule has 1 aromatic rings. The van der Waals surface area contributed by atoms with Crippen LogP contribution in [-0.2, 0) is 16.0 Å². The molecule has 19 heavy (non-hydrogen) atoms. The number of carboxylic acids is 1. The first-order valence-electron chi connectivity index (χ1n) is 6.29. The van der Waals surface area contributed by atoms with Crippen LogP contribution in [0.25, 0.3) is 0 Å². The van der Waals surface area contributed by atoms with Crippen LogP contribution in [0.5, 0.6) is 0 Å². The Morgan fingerprint density at radius 1 is 1.16 bits per heavy atom. The summed E-state index contributed by atoms with van der Waals surface area (Å²) >= 11 is 5.56. The Balaban J connectivity index is 2.51. The molecule has 0 aliphatic heterocycles. The van der Waals surface area contributed by atoms with E-state index in [1.807, 2.05) is 0 Å². The van der Waals surface area contributed by atoms with Gasteiger partial charge >= 0.3 is 5.97 Å². The summed E-state index contributed by atoms with van der Waals surface area (Å²) in [6.07, 6.45) is 2.96. The lowest BCUT2D eigenvalue weighted by atomic mass is 10.1. The number of alkyl halides is 1. The minimum Gasteiger partial charge on any atom is -0.481 e. The number of hydrogen-bond donors (Lipinski definition) is 2. The highest BCUT2D eigenvalue weighted by Crippen LogP contribution is 2.16. The molecular formula is C14H18ClNO3. The third-order valence-electron chi connectivity index (χ3n) is 2.67. The number of benzene rings is 1. The lowest BCUT2D eigenvalue weighted by molar-refractivity contribution is -0.136. The molecule has 1 rings (SSSR count). The number of anilines is 1. The monoisotopic (exact) mass is 283 g/mol. The van der Waals surface area contributed by atoms with Gasteiger partial charge in [0.15, 0.2) is 0 Å². The number of carbonyl (C=O) groups is 2. The minimum atomic E-state index is -0.913. The summed E-state index contributed by atoms with van der Waals surface area (Å²) < 4.78 is 0. The van der Waals surface area contributed by atoms with Gasteiger partial charge in [-0.05, 0) is 24.5 Å². The number of hydrogen-bond acceptors (Lipinski definition) is 2. The first-order chi connectivity index (χ1) is 9.13. The third kappa shape index (κ3) is 6.25. The van der Waals surface area contributed by atoms with Gasteiger partial charge in [0.05, 0.1) is 6.42 Å². The molecule has 4 nitrogen and oxygen atoms in total. The Hall–Kier alpha value is -1.55. The van der Waals surface area contributed by atoms with E-state index in [1.54, 1.807) is 24.3 Å². The van der Waals surface area contributed by atoms with Gasteiger partial charge in [0.1, 0.15) is 0 Å². The van der Waals surface area contributed by atoms with Crippen molar-refractivity contribution in [1.29, 1.82) is 0 Å². The number of nitrogens with one attached hydrogen (secondary N) is 1. The van der Waals surface area contributed by atoms with Crippen molar-refractivity contribution in [2.45, 2.75) is 32.1 Å². The highest BCUT2D eigenvalue weighted by molar-refractivity contribution is 6.17. The van der Waals surface area contributed by atoms with E-state index in [1.165, 1.54) is 0 Å². The Bertz CT molecular complexity index is 434. The maximum Gasteiger partial charge on any atom is 0.307 e. The van der Waals surface area contributed by atoms with Gasteiger partial charge in [-0.1, -0.05) is 24.6 Å². The van der Waals surface area contributed by atoms with E-state index in [9.17, 15) is 9.59 Å². The van der Waals surface area contributed by atoms with Crippen molar-refractivity contribution in [3.8, 4) is 0 Å². The summed E-state index contributed by atoms with van der Waals surface area (Å²) in [7, 11) is 0. The largest absolute Gasteiger partial charge is 0.481 e. The zero-order valence-corrected chi connectivity index (χ0v) is 11.4. The van der Waals surface area contributed by atoms with E-state index in [2.05, 4.69) is 5.32 Å². The highest BCUT2D eigenvalue weighted by Gasteiger charge is 2.08. The topological polar surface area (TPSA) is 66.4 Å². The third-order valence-corrected chi connectivity index (χ3v) is 2.94. The summed E-state index contributed by atoms with van der Waals surface area (Å²) in [5.74, 6) is -0.389. The Labute approximate surface area is 117 Å². The standard InChI is InChI=1S/C14H18ClNO3/c15-9-5-1-2-8-13(17)16-12-7-4-3-6-11(12)10-14(18)19/h3-4,6-7H,1-2,5,8-10H2,(H,16,17)(H,18,19). The average Bonchev–Trinajstić information content (AvgIpc) is 2.36. The smallest absolute Gasteiger partial charge is 0.307 e. The normalized spacial score (nSPS) is 10.2. The Kier molecular flexibility index (Phi) is 6.97. The van der Waals surface area contributed by atoms with Crippen LogP contribution in [0.1, 0.15) is 31.2 Å². The lowest BCUT2D eigenvalue weighted by Crippen LogP contribution is -2.13. The van der Waals surface area contributed by atoms with Crippen molar-refractivity contribution in [1.82, 2.24) is 0 Å². The molecule has 0 spiro atoms. The number of rotatable bonds is 8. The number of carbonyl (C=O) groups excluding carboxylic acids is 1. The predicted octanol–water partition coefficient (Wildman–Crippen LogP) is 3.05. The van der Waals surface area contributed by atoms with Gasteiger partial charge in [-0.2, -0.15) is 0 Å². The highest BCUT2D eigenvalue weighted by atomic mass is 35.5. The van der Waals surface area contributed by atoms with Crippen molar-refractivity contribution in [3.05, 3.63) is 29.8 Å². The summed E-state index contributed by atoms with van der Waals surface area (Å²) in [4.78, 5) is 22.4. The Morgan fingerprint density at radius 3 is 2.58 bits per heavy atom. The van der Waals surface area contributed by atoms with Crippen molar-refractivity contribution in [2.75, 3.05) is 11.2 Å². The summed E-state index contributed by atoms with van der Waals surface area (Å²) in [5.41, 5.74) is 1.19. The van der Waals surface area contributed by atoms with E-state index < -0.39 is 5.97 Å². The molecule has 0 saturated carbocycles.